The molecule has 2 aromatic rings. The second-order valence-corrected chi connectivity index (χ2v) is 4.69. The summed E-state index contributed by atoms with van der Waals surface area (Å²) in [5.41, 5.74) is 1.75. The Hall–Kier alpha value is -2.02. The Balaban J connectivity index is 1.94. The van der Waals surface area contributed by atoms with Gasteiger partial charge in [-0.05, 0) is 17.7 Å². The second-order valence-electron chi connectivity index (χ2n) is 4.12. The molecule has 0 spiro atoms. The van der Waals surface area contributed by atoms with Crippen LogP contribution in [0.15, 0.2) is 46.8 Å². The van der Waals surface area contributed by atoms with Crippen LogP contribution in [-0.4, -0.2) is 21.0 Å². The van der Waals surface area contributed by atoms with Gasteiger partial charge in [0, 0.05) is 25.9 Å². The molecule has 1 N–H and O–H groups in total. The Morgan fingerprint density at radius 1 is 1.30 bits per heavy atom. The number of benzene rings is 1. The van der Waals surface area contributed by atoms with Crippen LogP contribution in [0.1, 0.15) is 5.56 Å². The van der Waals surface area contributed by atoms with Gasteiger partial charge in [-0.3, -0.25) is 9.48 Å². The summed E-state index contributed by atoms with van der Waals surface area (Å²) in [4.78, 5) is 11.1. The Morgan fingerprint density at radius 3 is 2.65 bits per heavy atom. The highest BCUT2D eigenvalue weighted by Crippen LogP contribution is 2.17. The van der Waals surface area contributed by atoms with Gasteiger partial charge in [0.05, 0.1) is 11.0 Å². The van der Waals surface area contributed by atoms with E-state index in [0.29, 0.717) is 17.7 Å². The molecule has 6 nitrogen and oxygen atoms in total. The molecule has 0 aliphatic rings. The number of aryl methyl sites for hydroxylation is 1. The minimum atomic E-state index is -0.0380. The SMILES string of the molecule is Cn1ccc(N=Nc2ccc(CNC(=O)CBr)cc2)n1. The molecular formula is C13H14BrN5O. The van der Waals surface area contributed by atoms with E-state index in [1.807, 2.05) is 37.5 Å². The molecule has 0 saturated heterocycles. The number of hydrogen-bond acceptors (Lipinski definition) is 4. The summed E-state index contributed by atoms with van der Waals surface area (Å²) in [6.07, 6.45) is 1.81. The molecule has 1 aromatic heterocycles. The summed E-state index contributed by atoms with van der Waals surface area (Å²) in [7, 11) is 1.83. The van der Waals surface area contributed by atoms with Crippen molar-refractivity contribution in [1.29, 1.82) is 0 Å². The number of halogens is 1. The third-order valence-electron chi connectivity index (χ3n) is 2.51. The fourth-order valence-corrected chi connectivity index (χ4v) is 1.69. The van der Waals surface area contributed by atoms with E-state index >= 15 is 0 Å². The molecule has 0 fully saturated rings. The molecule has 0 saturated carbocycles. The minimum Gasteiger partial charge on any atom is -0.351 e. The zero-order chi connectivity index (χ0) is 14.4. The standard InChI is InChI=1S/C13H14BrN5O/c1-19-7-6-12(18-19)17-16-11-4-2-10(3-5-11)9-15-13(20)8-14/h2-7H,8-9H2,1H3,(H,15,20). The van der Waals surface area contributed by atoms with Crippen LogP contribution in [0, 0.1) is 0 Å². The van der Waals surface area contributed by atoms with Gasteiger partial charge in [0.2, 0.25) is 5.91 Å². The van der Waals surface area contributed by atoms with Crippen LogP contribution in [-0.2, 0) is 18.4 Å². The number of azo groups is 1. The molecule has 7 heteroatoms. The van der Waals surface area contributed by atoms with Crippen molar-refractivity contribution in [1.82, 2.24) is 15.1 Å². The Kier molecular flexibility index (Phi) is 5.00. The number of amides is 1. The number of carbonyl (C=O) groups is 1. The van der Waals surface area contributed by atoms with E-state index < -0.39 is 0 Å². The van der Waals surface area contributed by atoms with Crippen LogP contribution in [0.25, 0.3) is 0 Å². The fourth-order valence-electron chi connectivity index (χ4n) is 1.49. The summed E-state index contributed by atoms with van der Waals surface area (Å²) in [6, 6.07) is 9.29. The van der Waals surface area contributed by atoms with Crippen molar-refractivity contribution in [3.8, 4) is 0 Å². The maximum Gasteiger partial charge on any atom is 0.230 e. The average Bonchev–Trinajstić information content (AvgIpc) is 2.89. The third kappa shape index (κ3) is 4.27. The Bertz CT molecular complexity index is 605. The van der Waals surface area contributed by atoms with Gasteiger partial charge < -0.3 is 5.32 Å². The quantitative estimate of drug-likeness (QED) is 0.674. The fraction of sp³-hybridized carbons (Fsp3) is 0.231. The molecule has 1 aromatic carbocycles. The third-order valence-corrected chi connectivity index (χ3v) is 3.02. The number of rotatable bonds is 5. The van der Waals surface area contributed by atoms with E-state index in [0.717, 1.165) is 11.3 Å². The van der Waals surface area contributed by atoms with Gasteiger partial charge in [0.1, 0.15) is 0 Å². The average molecular weight is 336 g/mol. The smallest absolute Gasteiger partial charge is 0.230 e. The van der Waals surface area contributed by atoms with Crippen molar-refractivity contribution in [3.63, 3.8) is 0 Å². The zero-order valence-corrected chi connectivity index (χ0v) is 12.5. The first kappa shape index (κ1) is 14.4. The van der Waals surface area contributed by atoms with Crippen molar-refractivity contribution >= 4 is 33.3 Å². The lowest BCUT2D eigenvalue weighted by Crippen LogP contribution is -2.23. The molecule has 20 heavy (non-hydrogen) atoms. The minimum absolute atomic E-state index is 0.0380. The van der Waals surface area contributed by atoms with E-state index in [1.165, 1.54) is 0 Å². The topological polar surface area (TPSA) is 71.6 Å². The molecular weight excluding hydrogens is 322 g/mol. The summed E-state index contributed by atoms with van der Waals surface area (Å²) in [6.45, 7) is 0.502. The summed E-state index contributed by atoms with van der Waals surface area (Å²) in [5, 5.41) is 15.3. The van der Waals surface area contributed by atoms with Crippen LogP contribution >= 0.6 is 15.9 Å². The van der Waals surface area contributed by atoms with Gasteiger partial charge in [0.15, 0.2) is 5.82 Å². The van der Waals surface area contributed by atoms with Gasteiger partial charge in [-0.15, -0.1) is 10.2 Å². The summed E-state index contributed by atoms with van der Waals surface area (Å²) in [5.74, 6) is 0.532. The van der Waals surface area contributed by atoms with E-state index in [4.69, 9.17) is 0 Å². The second kappa shape index (κ2) is 6.95. The van der Waals surface area contributed by atoms with E-state index in [2.05, 4.69) is 36.6 Å². The Morgan fingerprint density at radius 2 is 2.05 bits per heavy atom. The van der Waals surface area contributed by atoms with Crippen LogP contribution < -0.4 is 5.32 Å². The van der Waals surface area contributed by atoms with E-state index in [9.17, 15) is 4.79 Å². The lowest BCUT2D eigenvalue weighted by Gasteiger charge is -2.03. The normalized spacial score (nSPS) is 10.9. The molecule has 1 heterocycles. The number of nitrogens with zero attached hydrogens (tertiary/aromatic N) is 4. The molecule has 0 bridgehead atoms. The highest BCUT2D eigenvalue weighted by atomic mass is 79.9. The molecule has 0 unspecified atom stereocenters. The van der Waals surface area contributed by atoms with Crippen molar-refractivity contribution in [3.05, 3.63) is 42.1 Å². The number of alkyl halides is 1. The van der Waals surface area contributed by atoms with Gasteiger partial charge in [-0.1, -0.05) is 28.1 Å². The highest BCUT2D eigenvalue weighted by Gasteiger charge is 1.99. The van der Waals surface area contributed by atoms with E-state index in [-0.39, 0.29) is 5.91 Å². The predicted octanol–water partition coefficient (Wildman–Crippen LogP) is 2.85. The molecule has 1 amide bonds. The number of carbonyl (C=O) groups excluding carboxylic acids is 1. The highest BCUT2D eigenvalue weighted by molar-refractivity contribution is 9.09. The van der Waals surface area contributed by atoms with Crippen molar-refractivity contribution in [2.24, 2.45) is 17.3 Å². The first-order valence-electron chi connectivity index (χ1n) is 6.00. The zero-order valence-electron chi connectivity index (χ0n) is 11.0. The number of hydrogen-bond donors (Lipinski definition) is 1. The van der Waals surface area contributed by atoms with Gasteiger partial charge in [-0.25, -0.2) is 0 Å². The maximum absolute atomic E-state index is 11.1. The molecule has 0 aliphatic heterocycles. The molecule has 0 aliphatic carbocycles. The number of nitrogens with one attached hydrogen (secondary N) is 1. The molecule has 0 atom stereocenters. The summed E-state index contributed by atoms with van der Waals surface area (Å²) < 4.78 is 1.67. The first-order valence-corrected chi connectivity index (χ1v) is 7.12. The predicted molar refractivity (Wildman–Crippen MR) is 79.5 cm³/mol. The van der Waals surface area contributed by atoms with Crippen molar-refractivity contribution in [2.75, 3.05) is 5.33 Å². The Labute approximate surface area is 125 Å². The van der Waals surface area contributed by atoms with Crippen LogP contribution in [0.3, 0.4) is 0 Å². The first-order chi connectivity index (χ1) is 9.67. The molecule has 104 valence electrons. The number of aromatic nitrogens is 2. The van der Waals surface area contributed by atoms with E-state index in [1.54, 1.807) is 10.7 Å². The van der Waals surface area contributed by atoms with Gasteiger partial charge in [-0.2, -0.15) is 5.10 Å². The monoisotopic (exact) mass is 335 g/mol. The summed E-state index contributed by atoms with van der Waals surface area (Å²) >= 11 is 3.10. The van der Waals surface area contributed by atoms with Crippen molar-refractivity contribution < 1.29 is 4.79 Å². The van der Waals surface area contributed by atoms with Gasteiger partial charge >= 0.3 is 0 Å². The maximum atomic E-state index is 11.1. The van der Waals surface area contributed by atoms with Crippen LogP contribution in [0.5, 0.6) is 0 Å². The van der Waals surface area contributed by atoms with Crippen LogP contribution in [0.4, 0.5) is 11.5 Å². The van der Waals surface area contributed by atoms with Crippen molar-refractivity contribution in [2.45, 2.75) is 6.54 Å². The van der Waals surface area contributed by atoms with Crippen LogP contribution in [0.2, 0.25) is 0 Å². The lowest BCUT2D eigenvalue weighted by atomic mass is 10.2. The lowest BCUT2D eigenvalue weighted by molar-refractivity contribution is -0.118. The van der Waals surface area contributed by atoms with Gasteiger partial charge in [0.25, 0.3) is 0 Å². The molecule has 0 radical (unpaired) electrons. The molecule has 2 rings (SSSR count). The largest absolute Gasteiger partial charge is 0.351 e.